The first kappa shape index (κ1) is 20.8. The number of sulfonamides is 1. The number of para-hydroxylation sites is 1. The van der Waals surface area contributed by atoms with Gasteiger partial charge in [-0.2, -0.15) is 9.71 Å². The number of hydrogen-bond acceptors (Lipinski definition) is 6. The van der Waals surface area contributed by atoms with E-state index in [1.807, 2.05) is 24.3 Å². The Morgan fingerprint density at radius 1 is 1.22 bits per heavy atom. The number of hydrogen-bond donors (Lipinski definition) is 1. The summed E-state index contributed by atoms with van der Waals surface area (Å²) in [6, 6.07) is 11.8. The minimum Gasteiger partial charge on any atom is -0.339 e. The SMILES string of the molecule is Cc1ccc(-c2noc(C3CC3)n2)cc1S(=O)(=O)NC(C)C(=O)N1CCc2ccccc21. The third-order valence-electron chi connectivity index (χ3n) is 5.96. The molecular weight excluding hydrogens is 428 g/mol. The maximum atomic E-state index is 13.2. The van der Waals surface area contributed by atoms with E-state index >= 15 is 0 Å². The lowest BCUT2D eigenvalue weighted by Crippen LogP contribution is -2.46. The van der Waals surface area contributed by atoms with E-state index in [0.717, 1.165) is 30.5 Å². The molecule has 1 atom stereocenters. The minimum atomic E-state index is -3.95. The second-order valence-electron chi connectivity index (χ2n) is 8.42. The van der Waals surface area contributed by atoms with Gasteiger partial charge in [0.1, 0.15) is 0 Å². The molecule has 3 aromatic rings. The van der Waals surface area contributed by atoms with Crippen molar-refractivity contribution in [3.05, 3.63) is 59.5 Å². The summed E-state index contributed by atoms with van der Waals surface area (Å²) in [5.41, 5.74) is 3.05. The molecule has 0 bridgehead atoms. The molecule has 1 N–H and O–H groups in total. The van der Waals surface area contributed by atoms with Gasteiger partial charge < -0.3 is 9.42 Å². The van der Waals surface area contributed by atoms with Crippen LogP contribution in [0.4, 0.5) is 5.69 Å². The van der Waals surface area contributed by atoms with Crippen molar-refractivity contribution in [2.75, 3.05) is 11.4 Å². The molecule has 2 heterocycles. The van der Waals surface area contributed by atoms with Crippen LogP contribution in [0.5, 0.6) is 0 Å². The summed E-state index contributed by atoms with van der Waals surface area (Å²) in [4.78, 5) is 19.2. The third-order valence-corrected chi connectivity index (χ3v) is 7.64. The second kappa shape index (κ2) is 7.83. The maximum absolute atomic E-state index is 13.2. The van der Waals surface area contributed by atoms with Gasteiger partial charge in [-0.25, -0.2) is 8.42 Å². The Hall–Kier alpha value is -3.04. The number of aryl methyl sites for hydroxylation is 1. The van der Waals surface area contributed by atoms with Gasteiger partial charge in [-0.3, -0.25) is 4.79 Å². The first-order chi connectivity index (χ1) is 15.3. The average molecular weight is 453 g/mol. The fourth-order valence-corrected chi connectivity index (χ4v) is 5.49. The molecule has 9 heteroatoms. The lowest BCUT2D eigenvalue weighted by atomic mass is 10.1. The van der Waals surface area contributed by atoms with Gasteiger partial charge in [0.05, 0.1) is 10.9 Å². The molecule has 32 heavy (non-hydrogen) atoms. The first-order valence-corrected chi connectivity index (χ1v) is 12.2. The number of fused-ring (bicyclic) bond motifs is 1. The van der Waals surface area contributed by atoms with E-state index in [1.54, 1.807) is 30.9 Å². The molecule has 1 aliphatic carbocycles. The topological polar surface area (TPSA) is 105 Å². The normalized spacial score (nSPS) is 16.8. The fourth-order valence-electron chi connectivity index (χ4n) is 4.02. The molecule has 0 radical (unpaired) electrons. The van der Waals surface area contributed by atoms with Crippen molar-refractivity contribution in [1.29, 1.82) is 0 Å². The van der Waals surface area contributed by atoms with Crippen molar-refractivity contribution in [2.45, 2.75) is 50.0 Å². The molecular formula is C23H24N4O4S. The van der Waals surface area contributed by atoms with Crippen LogP contribution in [0.3, 0.4) is 0 Å². The monoisotopic (exact) mass is 452 g/mol. The zero-order valence-corrected chi connectivity index (χ0v) is 18.7. The molecule has 2 aromatic carbocycles. The Morgan fingerprint density at radius 3 is 2.78 bits per heavy atom. The fraction of sp³-hybridized carbons (Fsp3) is 0.348. The van der Waals surface area contributed by atoms with Gasteiger partial charge in [0.25, 0.3) is 0 Å². The molecule has 2 aliphatic rings. The van der Waals surface area contributed by atoms with Crippen LogP contribution in [0.15, 0.2) is 51.9 Å². The average Bonchev–Trinajstić information content (AvgIpc) is 3.34. The van der Waals surface area contributed by atoms with E-state index in [4.69, 9.17) is 4.52 Å². The molecule has 0 spiro atoms. The van der Waals surface area contributed by atoms with Crippen LogP contribution in [0.25, 0.3) is 11.4 Å². The highest BCUT2D eigenvalue weighted by Gasteiger charge is 2.32. The Morgan fingerprint density at radius 2 is 2.00 bits per heavy atom. The predicted octanol–water partition coefficient (Wildman–Crippen LogP) is 3.18. The zero-order valence-electron chi connectivity index (χ0n) is 17.9. The number of aromatic nitrogens is 2. The standard InChI is InChI=1S/C23H24N4O4S/c1-14-7-8-18(21-24-22(31-25-21)17-9-10-17)13-20(14)32(29,30)26-15(2)23(28)27-12-11-16-5-3-4-6-19(16)27/h3-8,13,15,17,26H,9-12H2,1-2H3. The van der Waals surface area contributed by atoms with E-state index < -0.39 is 16.1 Å². The molecule has 1 fully saturated rings. The molecule has 1 saturated carbocycles. The van der Waals surface area contributed by atoms with Crippen LogP contribution < -0.4 is 9.62 Å². The number of amides is 1. The number of nitrogens with zero attached hydrogens (tertiary/aromatic N) is 3. The number of benzene rings is 2. The van der Waals surface area contributed by atoms with Crippen LogP contribution >= 0.6 is 0 Å². The molecule has 166 valence electrons. The number of rotatable bonds is 6. The third kappa shape index (κ3) is 3.82. The summed E-state index contributed by atoms with van der Waals surface area (Å²) >= 11 is 0. The maximum Gasteiger partial charge on any atom is 0.244 e. The van der Waals surface area contributed by atoms with E-state index in [9.17, 15) is 13.2 Å². The smallest absolute Gasteiger partial charge is 0.244 e. The molecule has 1 unspecified atom stereocenters. The van der Waals surface area contributed by atoms with Crippen molar-refractivity contribution < 1.29 is 17.7 Å². The van der Waals surface area contributed by atoms with Gasteiger partial charge >= 0.3 is 0 Å². The molecule has 1 aliphatic heterocycles. The van der Waals surface area contributed by atoms with Gasteiger partial charge in [0.15, 0.2) is 0 Å². The van der Waals surface area contributed by atoms with Crippen molar-refractivity contribution in [2.24, 2.45) is 0 Å². The molecule has 1 amide bonds. The Kier molecular flexibility index (Phi) is 5.10. The van der Waals surface area contributed by atoms with Gasteiger partial charge in [-0.05, 0) is 56.4 Å². The Labute approximate surface area is 186 Å². The highest BCUT2D eigenvalue weighted by molar-refractivity contribution is 7.89. The summed E-state index contributed by atoms with van der Waals surface area (Å²) in [5.74, 6) is 0.989. The van der Waals surface area contributed by atoms with E-state index in [2.05, 4.69) is 14.9 Å². The zero-order chi connectivity index (χ0) is 22.5. The molecule has 8 nitrogen and oxygen atoms in total. The van der Waals surface area contributed by atoms with Crippen LogP contribution in [-0.2, 0) is 21.2 Å². The summed E-state index contributed by atoms with van der Waals surface area (Å²) in [7, 11) is -3.95. The Balaban J connectivity index is 1.37. The highest BCUT2D eigenvalue weighted by Crippen LogP contribution is 2.39. The van der Waals surface area contributed by atoms with E-state index in [-0.39, 0.29) is 10.8 Å². The first-order valence-electron chi connectivity index (χ1n) is 10.7. The lowest BCUT2D eigenvalue weighted by molar-refractivity contribution is -0.119. The van der Waals surface area contributed by atoms with Gasteiger partial charge in [-0.15, -0.1) is 0 Å². The predicted molar refractivity (Wildman–Crippen MR) is 119 cm³/mol. The lowest BCUT2D eigenvalue weighted by Gasteiger charge is -2.22. The van der Waals surface area contributed by atoms with Crippen molar-refractivity contribution in [3.63, 3.8) is 0 Å². The van der Waals surface area contributed by atoms with Gasteiger partial charge in [0.2, 0.25) is 27.6 Å². The number of nitrogens with one attached hydrogen (secondary N) is 1. The van der Waals surface area contributed by atoms with Crippen LogP contribution in [-0.4, -0.2) is 37.1 Å². The van der Waals surface area contributed by atoms with Crippen LogP contribution in [0.2, 0.25) is 0 Å². The second-order valence-corrected chi connectivity index (χ2v) is 10.1. The van der Waals surface area contributed by atoms with Crippen molar-refractivity contribution in [1.82, 2.24) is 14.9 Å². The molecule has 0 saturated heterocycles. The van der Waals surface area contributed by atoms with Gasteiger partial charge in [-0.1, -0.05) is 35.5 Å². The van der Waals surface area contributed by atoms with E-state index in [1.165, 1.54) is 6.07 Å². The summed E-state index contributed by atoms with van der Waals surface area (Å²) in [6.45, 7) is 3.83. The van der Waals surface area contributed by atoms with Crippen LogP contribution in [0, 0.1) is 6.92 Å². The largest absolute Gasteiger partial charge is 0.339 e. The molecule has 1 aromatic heterocycles. The number of anilines is 1. The molecule has 5 rings (SSSR count). The Bertz CT molecular complexity index is 1300. The van der Waals surface area contributed by atoms with Gasteiger partial charge in [0, 0.05) is 23.7 Å². The van der Waals surface area contributed by atoms with Crippen LogP contribution in [0.1, 0.15) is 42.7 Å². The van der Waals surface area contributed by atoms with E-state index in [0.29, 0.717) is 35.3 Å². The summed E-state index contributed by atoms with van der Waals surface area (Å²) in [5, 5.41) is 4.00. The number of carbonyl (C=O) groups excluding carboxylic acids is 1. The van der Waals surface area contributed by atoms with Crippen molar-refractivity contribution in [3.8, 4) is 11.4 Å². The summed E-state index contributed by atoms with van der Waals surface area (Å²) < 4.78 is 34.2. The summed E-state index contributed by atoms with van der Waals surface area (Å²) in [6.07, 6.45) is 2.83. The van der Waals surface area contributed by atoms with Crippen molar-refractivity contribution >= 4 is 21.6 Å². The minimum absolute atomic E-state index is 0.0919. The highest BCUT2D eigenvalue weighted by atomic mass is 32.2. The number of carbonyl (C=O) groups is 1. The quantitative estimate of drug-likeness (QED) is 0.616.